The van der Waals surface area contributed by atoms with Crippen molar-refractivity contribution in [2.75, 3.05) is 12.3 Å². The number of aromatic nitrogens is 9. The molecule has 0 amide bonds. The van der Waals surface area contributed by atoms with Crippen LogP contribution in [0.25, 0.3) is 11.2 Å². The van der Waals surface area contributed by atoms with Crippen LogP contribution in [-0.2, 0) is 14.3 Å². The number of nitrogens with two attached hydrogens (primary N) is 1. The van der Waals surface area contributed by atoms with E-state index in [1.54, 1.807) is 0 Å². The standard InChI is InChI=1S/C12H13ClN10O6/c13-12-16-7(14)4-8(17-12)22(2-15-4)9-6(25)5(24)3(29-9)1-28-10(11(26)27)23-20-18-19-21-23/h2-3,5-6,9-10,24-25H,1H2,(H3,14,16,17,26,27)/p+1/t3-,5-,6-,9-,10+/m1/s1. The smallest absolute Gasteiger partial charge is 0.374 e. The van der Waals surface area contributed by atoms with Crippen LogP contribution in [0.4, 0.5) is 5.82 Å². The third-order valence-corrected chi connectivity index (χ3v) is 4.38. The topological polar surface area (TPSA) is 224 Å². The molecule has 6 N–H and O–H groups in total. The number of H-pyrrole nitrogens is 1. The van der Waals surface area contributed by atoms with Crippen LogP contribution in [0, 0.1) is 0 Å². The van der Waals surface area contributed by atoms with E-state index in [4.69, 9.17) is 26.8 Å². The van der Waals surface area contributed by atoms with E-state index in [1.807, 2.05) is 0 Å². The lowest BCUT2D eigenvalue weighted by Gasteiger charge is -2.17. The number of nitrogens with one attached hydrogen (secondary N) is 1. The molecule has 29 heavy (non-hydrogen) atoms. The molecule has 5 atom stereocenters. The normalized spacial score (nSPS) is 25.5. The molecule has 16 nitrogen and oxygen atoms in total. The Balaban J connectivity index is 1.53. The maximum absolute atomic E-state index is 11.3. The number of aliphatic hydroxyl groups is 2. The van der Waals surface area contributed by atoms with Gasteiger partial charge in [-0.25, -0.2) is 9.78 Å². The summed E-state index contributed by atoms with van der Waals surface area (Å²) < 4.78 is 12.2. The number of aliphatic hydroxyl groups excluding tert-OH is 2. The molecule has 0 spiro atoms. The van der Waals surface area contributed by atoms with Crippen molar-refractivity contribution in [2.24, 2.45) is 0 Å². The second-order valence-corrected chi connectivity index (χ2v) is 6.33. The Labute approximate surface area is 164 Å². The number of halogens is 1. The van der Waals surface area contributed by atoms with E-state index in [-0.39, 0.29) is 22.3 Å². The maximum Gasteiger partial charge on any atom is 0.374 e. The van der Waals surface area contributed by atoms with Gasteiger partial charge in [-0.3, -0.25) is 4.57 Å². The number of nitrogen functional groups attached to an aromatic ring is 1. The number of ether oxygens (including phenoxy) is 2. The molecule has 3 aromatic heterocycles. The highest BCUT2D eigenvalue weighted by atomic mass is 35.5. The molecule has 0 saturated carbocycles. The predicted molar refractivity (Wildman–Crippen MR) is 87.7 cm³/mol. The molecule has 0 bridgehead atoms. The number of anilines is 1. The highest BCUT2D eigenvalue weighted by Crippen LogP contribution is 2.32. The predicted octanol–water partition coefficient (Wildman–Crippen LogP) is -3.22. The summed E-state index contributed by atoms with van der Waals surface area (Å²) in [5, 5.41) is 42.0. The van der Waals surface area contributed by atoms with E-state index in [1.165, 1.54) is 10.9 Å². The number of imidazole rings is 1. The van der Waals surface area contributed by atoms with Crippen LogP contribution < -0.4 is 10.5 Å². The molecule has 0 radical (unpaired) electrons. The number of nitrogens with zero attached hydrogens (tertiary/aromatic N) is 8. The first-order valence-corrected chi connectivity index (χ1v) is 8.41. The van der Waals surface area contributed by atoms with E-state index in [2.05, 4.69) is 35.8 Å². The summed E-state index contributed by atoms with van der Waals surface area (Å²) >= 11 is 5.82. The molecule has 0 aromatic carbocycles. The number of hydrogen-bond donors (Lipinski definition) is 5. The van der Waals surface area contributed by atoms with Gasteiger partial charge >= 0.3 is 12.2 Å². The summed E-state index contributed by atoms with van der Waals surface area (Å²) in [7, 11) is 0. The molecule has 4 heterocycles. The number of aromatic amines is 1. The van der Waals surface area contributed by atoms with E-state index >= 15 is 0 Å². The van der Waals surface area contributed by atoms with Crippen molar-refractivity contribution in [2.45, 2.75) is 30.8 Å². The summed E-state index contributed by atoms with van der Waals surface area (Å²) in [6, 6.07) is 0. The van der Waals surface area contributed by atoms with Crippen molar-refractivity contribution in [3.8, 4) is 0 Å². The van der Waals surface area contributed by atoms with Crippen molar-refractivity contribution in [1.82, 2.24) is 40.4 Å². The summed E-state index contributed by atoms with van der Waals surface area (Å²) in [5.74, 6) is -1.35. The molecule has 1 aliphatic heterocycles. The molecule has 0 aliphatic carbocycles. The van der Waals surface area contributed by atoms with Gasteiger partial charge in [-0.15, -0.1) is 0 Å². The minimum absolute atomic E-state index is 0.0358. The minimum Gasteiger partial charge on any atom is -0.477 e. The largest absolute Gasteiger partial charge is 0.477 e. The molecule has 1 aliphatic rings. The highest BCUT2D eigenvalue weighted by Gasteiger charge is 2.45. The lowest BCUT2D eigenvalue weighted by Crippen LogP contribution is -2.51. The fraction of sp³-hybridized carbons (Fsp3) is 0.500. The second kappa shape index (κ2) is 7.41. The van der Waals surface area contributed by atoms with Gasteiger partial charge in [0.05, 0.1) is 12.9 Å². The molecule has 1 fully saturated rings. The number of aliphatic carboxylic acids is 1. The number of fused-ring (bicyclic) bond motifs is 1. The monoisotopic (exact) mass is 429 g/mol. The first kappa shape index (κ1) is 19.3. The molecule has 0 unspecified atom stereocenters. The maximum atomic E-state index is 11.3. The lowest BCUT2D eigenvalue weighted by atomic mass is 10.1. The second-order valence-electron chi connectivity index (χ2n) is 6.00. The van der Waals surface area contributed by atoms with Crippen LogP contribution in [-0.4, -0.2) is 86.6 Å². The zero-order valence-electron chi connectivity index (χ0n) is 14.3. The molecular formula is C12H14ClN10O6+. The summed E-state index contributed by atoms with van der Waals surface area (Å²) in [6.07, 6.45) is -5.31. The van der Waals surface area contributed by atoms with Crippen LogP contribution in [0.3, 0.4) is 0 Å². The zero-order chi connectivity index (χ0) is 20.7. The third kappa shape index (κ3) is 3.42. The Morgan fingerprint density at radius 3 is 2.93 bits per heavy atom. The first-order chi connectivity index (χ1) is 13.9. The van der Waals surface area contributed by atoms with Crippen LogP contribution in [0.2, 0.25) is 5.28 Å². The quantitative estimate of drug-likeness (QED) is 0.192. The summed E-state index contributed by atoms with van der Waals surface area (Å²) in [6.45, 7) is -0.399. The van der Waals surface area contributed by atoms with Gasteiger partial charge in [-0.2, -0.15) is 9.97 Å². The fourth-order valence-electron chi connectivity index (χ4n) is 2.87. The third-order valence-electron chi connectivity index (χ3n) is 4.21. The van der Waals surface area contributed by atoms with Crippen LogP contribution >= 0.6 is 11.6 Å². The Bertz CT molecular complexity index is 1030. The van der Waals surface area contributed by atoms with E-state index in [9.17, 15) is 20.1 Å². The van der Waals surface area contributed by atoms with E-state index < -0.39 is 43.3 Å². The van der Waals surface area contributed by atoms with Gasteiger partial charge in [-0.05, 0) is 21.6 Å². The average molecular weight is 430 g/mol. The van der Waals surface area contributed by atoms with Crippen molar-refractivity contribution >= 4 is 34.6 Å². The highest BCUT2D eigenvalue weighted by molar-refractivity contribution is 6.28. The molecule has 4 rings (SSSR count). The number of carboxylic acids is 1. The van der Waals surface area contributed by atoms with Crippen molar-refractivity contribution in [1.29, 1.82) is 0 Å². The van der Waals surface area contributed by atoms with Gasteiger partial charge in [0.15, 0.2) is 17.7 Å². The van der Waals surface area contributed by atoms with Gasteiger partial charge in [-0.1, -0.05) is 0 Å². The van der Waals surface area contributed by atoms with E-state index in [0.29, 0.717) is 0 Å². The van der Waals surface area contributed by atoms with E-state index in [0.717, 1.165) is 4.80 Å². The Morgan fingerprint density at radius 2 is 2.24 bits per heavy atom. The Morgan fingerprint density at radius 1 is 1.45 bits per heavy atom. The van der Waals surface area contributed by atoms with Crippen molar-refractivity contribution in [3.63, 3.8) is 0 Å². The van der Waals surface area contributed by atoms with Gasteiger partial charge in [0.25, 0.3) is 0 Å². The number of rotatable bonds is 6. The van der Waals surface area contributed by atoms with Crippen LogP contribution in [0.15, 0.2) is 6.33 Å². The minimum atomic E-state index is -1.60. The summed E-state index contributed by atoms with van der Waals surface area (Å²) in [4.78, 5) is 24.0. The van der Waals surface area contributed by atoms with Crippen molar-refractivity contribution in [3.05, 3.63) is 11.6 Å². The summed E-state index contributed by atoms with van der Waals surface area (Å²) in [5.41, 5.74) is 6.18. The molecular weight excluding hydrogens is 416 g/mol. The van der Waals surface area contributed by atoms with Gasteiger partial charge < -0.3 is 30.5 Å². The average Bonchev–Trinajstić information content (AvgIpc) is 3.38. The Hall–Kier alpha value is -3.05. The Kier molecular flexibility index (Phi) is 4.92. The molecule has 154 valence electrons. The van der Waals surface area contributed by atoms with Gasteiger partial charge in [0.2, 0.25) is 15.7 Å². The lowest BCUT2D eigenvalue weighted by molar-refractivity contribution is -0.847. The van der Waals surface area contributed by atoms with Crippen LogP contribution in [0.1, 0.15) is 12.5 Å². The molecule has 3 aromatic rings. The van der Waals surface area contributed by atoms with Crippen LogP contribution in [0.5, 0.6) is 0 Å². The zero-order valence-corrected chi connectivity index (χ0v) is 15.0. The number of carboxylic acid groups (broad SMARTS) is 1. The van der Waals surface area contributed by atoms with Gasteiger partial charge in [0, 0.05) is 0 Å². The first-order valence-electron chi connectivity index (χ1n) is 8.04. The number of hydrogen-bond acceptors (Lipinski definition) is 12. The fourth-order valence-corrected chi connectivity index (χ4v) is 3.05. The number of carbonyl (C=O) groups is 1. The van der Waals surface area contributed by atoms with Crippen molar-refractivity contribution < 1.29 is 34.4 Å². The molecule has 1 saturated heterocycles. The SMILES string of the molecule is Nc1nc(Cl)nc2c1ncn2[C@@H]1O[C@H](CO[C@@H](C(=O)O)[n+]2nnn[nH]2)[C@@H](O)[C@H]1O. The van der Waals surface area contributed by atoms with Gasteiger partial charge in [0.1, 0.15) is 29.0 Å². The molecule has 17 heteroatoms.